The number of hydrogen-bond donors (Lipinski definition) is 2. The highest BCUT2D eigenvalue weighted by atomic mass is 35.5. The standard InChI is InChI=1S/C11H8ClNO3/c1-5-2-6-9(14)4-8(11(15)16)13-10(6)7(12)3-5/h2-4H,1H3,(H,13,14)(H,15,16). The van der Waals surface area contributed by atoms with Crippen molar-refractivity contribution in [1.82, 2.24) is 4.98 Å². The highest BCUT2D eigenvalue weighted by Crippen LogP contribution is 2.21. The quantitative estimate of drug-likeness (QED) is 0.799. The van der Waals surface area contributed by atoms with Gasteiger partial charge in [-0.25, -0.2) is 4.79 Å². The maximum Gasteiger partial charge on any atom is 0.352 e. The molecule has 0 fully saturated rings. The number of carboxylic acid groups (broad SMARTS) is 1. The summed E-state index contributed by atoms with van der Waals surface area (Å²) >= 11 is 5.95. The van der Waals surface area contributed by atoms with Gasteiger partial charge in [-0.2, -0.15) is 0 Å². The predicted molar refractivity (Wildman–Crippen MR) is 61.3 cm³/mol. The number of fused-ring (bicyclic) bond motifs is 1. The maximum atomic E-state index is 11.7. The van der Waals surface area contributed by atoms with Crippen LogP contribution in [0.4, 0.5) is 0 Å². The number of halogens is 1. The van der Waals surface area contributed by atoms with E-state index in [1.165, 1.54) is 0 Å². The number of hydrogen-bond acceptors (Lipinski definition) is 2. The molecular weight excluding hydrogens is 230 g/mol. The largest absolute Gasteiger partial charge is 0.477 e. The van der Waals surface area contributed by atoms with E-state index in [0.29, 0.717) is 15.9 Å². The Bertz CT molecular complexity index is 645. The number of carbonyl (C=O) groups is 1. The first kappa shape index (κ1) is 10.7. The molecule has 0 aliphatic heterocycles. The van der Waals surface area contributed by atoms with Gasteiger partial charge in [0.05, 0.1) is 10.5 Å². The summed E-state index contributed by atoms with van der Waals surface area (Å²) in [5, 5.41) is 9.54. The highest BCUT2D eigenvalue weighted by Gasteiger charge is 2.10. The van der Waals surface area contributed by atoms with Crippen LogP contribution in [0.5, 0.6) is 0 Å². The van der Waals surface area contributed by atoms with Crippen molar-refractivity contribution in [1.29, 1.82) is 0 Å². The Balaban J connectivity index is 2.93. The third-order valence-corrected chi connectivity index (χ3v) is 2.56. The number of H-pyrrole nitrogens is 1. The average molecular weight is 238 g/mol. The lowest BCUT2D eigenvalue weighted by atomic mass is 10.1. The van der Waals surface area contributed by atoms with Crippen molar-refractivity contribution in [3.05, 3.63) is 44.7 Å². The van der Waals surface area contributed by atoms with E-state index in [0.717, 1.165) is 11.6 Å². The van der Waals surface area contributed by atoms with Crippen LogP contribution in [0.3, 0.4) is 0 Å². The maximum absolute atomic E-state index is 11.7. The zero-order valence-corrected chi connectivity index (χ0v) is 9.13. The Labute approximate surface area is 95.5 Å². The van der Waals surface area contributed by atoms with Crippen molar-refractivity contribution in [2.75, 3.05) is 0 Å². The number of benzene rings is 1. The minimum absolute atomic E-state index is 0.164. The number of rotatable bonds is 1. The summed E-state index contributed by atoms with van der Waals surface area (Å²) in [5.74, 6) is -1.18. The molecule has 2 N–H and O–H groups in total. The molecule has 0 atom stereocenters. The Kier molecular flexibility index (Phi) is 2.44. The summed E-state index contributed by atoms with van der Waals surface area (Å²) in [6, 6.07) is 4.40. The van der Waals surface area contributed by atoms with Gasteiger partial charge in [-0.3, -0.25) is 4.79 Å². The minimum Gasteiger partial charge on any atom is -0.477 e. The molecule has 16 heavy (non-hydrogen) atoms. The molecule has 0 saturated carbocycles. The molecule has 1 aromatic heterocycles. The highest BCUT2D eigenvalue weighted by molar-refractivity contribution is 6.35. The van der Waals surface area contributed by atoms with E-state index < -0.39 is 5.97 Å². The molecule has 2 rings (SSSR count). The lowest BCUT2D eigenvalue weighted by molar-refractivity contribution is 0.0691. The van der Waals surface area contributed by atoms with Crippen LogP contribution in [0.2, 0.25) is 5.02 Å². The molecule has 5 heteroatoms. The Morgan fingerprint density at radius 2 is 2.06 bits per heavy atom. The number of carboxylic acids is 1. The van der Waals surface area contributed by atoms with E-state index in [1.54, 1.807) is 12.1 Å². The molecule has 1 aromatic carbocycles. The van der Waals surface area contributed by atoms with Gasteiger partial charge in [0.15, 0.2) is 5.43 Å². The number of aromatic amines is 1. The zero-order chi connectivity index (χ0) is 11.9. The molecule has 0 radical (unpaired) electrons. The lowest BCUT2D eigenvalue weighted by Crippen LogP contribution is -2.09. The Morgan fingerprint density at radius 1 is 1.38 bits per heavy atom. The van der Waals surface area contributed by atoms with Crippen LogP contribution in [-0.4, -0.2) is 16.1 Å². The van der Waals surface area contributed by atoms with Gasteiger partial charge in [-0.15, -0.1) is 0 Å². The van der Waals surface area contributed by atoms with Crippen LogP contribution in [0.15, 0.2) is 23.0 Å². The molecule has 82 valence electrons. The number of aryl methyl sites for hydroxylation is 1. The fourth-order valence-corrected chi connectivity index (χ4v) is 1.88. The summed E-state index contributed by atoms with van der Waals surface area (Å²) in [7, 11) is 0. The molecular formula is C11H8ClNO3. The zero-order valence-electron chi connectivity index (χ0n) is 8.37. The van der Waals surface area contributed by atoms with Crippen molar-refractivity contribution in [2.24, 2.45) is 0 Å². The second-order valence-corrected chi connectivity index (χ2v) is 3.93. The first-order valence-corrected chi connectivity index (χ1v) is 4.93. The second kappa shape index (κ2) is 3.64. The van der Waals surface area contributed by atoms with E-state index in [9.17, 15) is 9.59 Å². The van der Waals surface area contributed by atoms with Crippen LogP contribution in [-0.2, 0) is 0 Å². The fraction of sp³-hybridized carbons (Fsp3) is 0.0909. The number of pyridine rings is 1. The molecule has 1 heterocycles. The van der Waals surface area contributed by atoms with Crippen molar-refractivity contribution in [3.8, 4) is 0 Å². The van der Waals surface area contributed by atoms with Gasteiger partial charge in [0.2, 0.25) is 0 Å². The van der Waals surface area contributed by atoms with Crippen LogP contribution in [0.25, 0.3) is 10.9 Å². The Hall–Kier alpha value is -1.81. The van der Waals surface area contributed by atoms with E-state index in [-0.39, 0.29) is 11.1 Å². The summed E-state index contributed by atoms with van der Waals surface area (Å²) in [4.78, 5) is 25.1. The van der Waals surface area contributed by atoms with Crippen molar-refractivity contribution in [2.45, 2.75) is 6.92 Å². The van der Waals surface area contributed by atoms with E-state index in [1.807, 2.05) is 6.92 Å². The van der Waals surface area contributed by atoms with Crippen LogP contribution < -0.4 is 5.43 Å². The number of aromatic nitrogens is 1. The summed E-state index contributed by atoms with van der Waals surface area (Å²) in [6.07, 6.45) is 0. The lowest BCUT2D eigenvalue weighted by Gasteiger charge is -2.03. The topological polar surface area (TPSA) is 70.2 Å². The summed E-state index contributed by atoms with van der Waals surface area (Å²) < 4.78 is 0. The van der Waals surface area contributed by atoms with Crippen molar-refractivity contribution >= 4 is 28.5 Å². The van der Waals surface area contributed by atoms with E-state index in [4.69, 9.17) is 16.7 Å². The first-order valence-electron chi connectivity index (χ1n) is 4.55. The van der Waals surface area contributed by atoms with E-state index in [2.05, 4.69) is 4.98 Å². The van der Waals surface area contributed by atoms with Gasteiger partial charge in [0, 0.05) is 11.5 Å². The first-order chi connectivity index (χ1) is 7.49. The van der Waals surface area contributed by atoms with Crippen LogP contribution in [0, 0.1) is 6.92 Å². The van der Waals surface area contributed by atoms with Gasteiger partial charge in [-0.05, 0) is 24.6 Å². The number of nitrogens with one attached hydrogen (secondary N) is 1. The molecule has 2 aromatic rings. The SMILES string of the molecule is Cc1cc(Cl)c2[nH]c(C(=O)O)cc(=O)c2c1. The molecule has 0 bridgehead atoms. The van der Waals surface area contributed by atoms with Crippen molar-refractivity contribution < 1.29 is 9.90 Å². The normalized spacial score (nSPS) is 10.6. The summed E-state index contributed by atoms with van der Waals surface area (Å²) in [5.41, 5.74) is 0.697. The third kappa shape index (κ3) is 1.67. The summed E-state index contributed by atoms with van der Waals surface area (Å²) in [6.45, 7) is 1.82. The van der Waals surface area contributed by atoms with Gasteiger partial charge >= 0.3 is 5.97 Å². The molecule has 0 aliphatic rings. The second-order valence-electron chi connectivity index (χ2n) is 3.52. The smallest absolute Gasteiger partial charge is 0.352 e. The third-order valence-electron chi connectivity index (χ3n) is 2.27. The van der Waals surface area contributed by atoms with Crippen LogP contribution >= 0.6 is 11.6 Å². The van der Waals surface area contributed by atoms with Gasteiger partial charge < -0.3 is 10.1 Å². The van der Waals surface area contributed by atoms with Gasteiger partial charge in [0.25, 0.3) is 0 Å². The number of aromatic carboxylic acids is 1. The van der Waals surface area contributed by atoms with Crippen molar-refractivity contribution in [3.63, 3.8) is 0 Å². The molecule has 4 nitrogen and oxygen atoms in total. The minimum atomic E-state index is -1.18. The monoisotopic (exact) mass is 237 g/mol. The molecule has 0 unspecified atom stereocenters. The fourth-order valence-electron chi connectivity index (χ4n) is 1.56. The van der Waals surface area contributed by atoms with Gasteiger partial charge in [0.1, 0.15) is 5.69 Å². The average Bonchev–Trinajstić information content (AvgIpc) is 2.19. The van der Waals surface area contributed by atoms with Crippen LogP contribution in [0.1, 0.15) is 16.1 Å². The van der Waals surface area contributed by atoms with Gasteiger partial charge in [-0.1, -0.05) is 11.6 Å². The molecule has 0 amide bonds. The Morgan fingerprint density at radius 3 is 2.69 bits per heavy atom. The molecule has 0 aliphatic carbocycles. The molecule has 0 spiro atoms. The predicted octanol–water partition coefficient (Wildman–Crippen LogP) is 2.19. The molecule has 0 saturated heterocycles. The van der Waals surface area contributed by atoms with E-state index >= 15 is 0 Å².